The zero-order chi connectivity index (χ0) is 28.9. The minimum atomic E-state index is -0.167. The number of halogens is 1. The number of aryl methyl sites for hydroxylation is 1. The minimum absolute atomic E-state index is 0.167. The normalized spacial score (nSPS) is 11.6. The van der Waals surface area contributed by atoms with E-state index in [4.69, 9.17) is 16.3 Å². The number of thiazole rings is 1. The summed E-state index contributed by atoms with van der Waals surface area (Å²) in [7, 11) is 1.59. The van der Waals surface area contributed by atoms with Gasteiger partial charge in [0.05, 0.1) is 23.9 Å². The summed E-state index contributed by atoms with van der Waals surface area (Å²) < 4.78 is 10.1. The molecule has 4 heterocycles. The quantitative estimate of drug-likeness (QED) is 0.171. The molecule has 0 aromatic carbocycles. The molecule has 0 fully saturated rings. The Bertz CT molecular complexity index is 1520. The van der Waals surface area contributed by atoms with Crippen LogP contribution in [0.25, 0.3) is 16.8 Å². The Morgan fingerprint density at radius 1 is 1.10 bits per heavy atom. The van der Waals surface area contributed by atoms with Crippen molar-refractivity contribution >= 4 is 39.7 Å². The van der Waals surface area contributed by atoms with E-state index >= 15 is 0 Å². The fourth-order valence-corrected chi connectivity index (χ4v) is 5.03. The van der Waals surface area contributed by atoms with Gasteiger partial charge in [0.1, 0.15) is 6.54 Å². The zero-order valence-electron chi connectivity index (χ0n) is 24.0. The Balaban J connectivity index is 0.00000127. The Hall–Kier alpha value is -3.55. The third-order valence-electron chi connectivity index (χ3n) is 5.56. The molecule has 206 valence electrons. The molecule has 4 aromatic heterocycles. The third-order valence-corrected chi connectivity index (χ3v) is 6.66. The largest absolute Gasteiger partial charge is 0.465 e. The molecule has 0 aliphatic rings. The summed E-state index contributed by atoms with van der Waals surface area (Å²) in [5, 5.41) is 0. The van der Waals surface area contributed by atoms with Gasteiger partial charge in [0.15, 0.2) is 10.0 Å². The van der Waals surface area contributed by atoms with Crippen molar-refractivity contribution in [2.75, 3.05) is 7.11 Å². The van der Waals surface area contributed by atoms with Crippen molar-refractivity contribution in [3.05, 3.63) is 110 Å². The van der Waals surface area contributed by atoms with Crippen LogP contribution < -0.4 is 14.9 Å². The van der Waals surface area contributed by atoms with Gasteiger partial charge in [-0.15, -0.1) is 11.3 Å². The molecule has 0 N–H and O–H groups in total. The van der Waals surface area contributed by atoms with E-state index in [1.165, 1.54) is 11.3 Å². The maximum Gasteiger partial charge on any atom is 0.354 e. The maximum absolute atomic E-state index is 13.9. The molecule has 0 atom stereocenters. The number of fused-ring (bicyclic) bond motifs is 1. The minimum Gasteiger partial charge on any atom is -0.465 e. The Labute approximate surface area is 240 Å². The highest BCUT2D eigenvalue weighted by molar-refractivity contribution is 7.15. The van der Waals surface area contributed by atoms with Gasteiger partial charge in [0.2, 0.25) is 0 Å². The lowest BCUT2D eigenvalue weighted by atomic mass is 10.0. The van der Waals surface area contributed by atoms with E-state index in [0.717, 1.165) is 32.9 Å². The highest BCUT2D eigenvalue weighted by Gasteiger charge is 2.28. The van der Waals surface area contributed by atoms with Crippen LogP contribution in [0.3, 0.4) is 0 Å². The second-order valence-electron chi connectivity index (χ2n) is 7.80. The molecular weight excluding hydrogens is 528 g/mol. The summed E-state index contributed by atoms with van der Waals surface area (Å²) in [5.74, 6) is 0.467. The Morgan fingerprint density at radius 2 is 1.85 bits per heavy atom. The van der Waals surface area contributed by atoms with Crippen LogP contribution >= 0.6 is 22.9 Å². The van der Waals surface area contributed by atoms with E-state index in [9.17, 15) is 4.79 Å². The lowest BCUT2D eigenvalue weighted by molar-refractivity contribution is -0.671. The first-order valence-electron chi connectivity index (χ1n) is 13.1. The number of ether oxygens (including phenoxy) is 1. The summed E-state index contributed by atoms with van der Waals surface area (Å²) >= 11 is 7.51. The van der Waals surface area contributed by atoms with Gasteiger partial charge in [0.25, 0.3) is 5.65 Å². The second kappa shape index (κ2) is 15.8. The number of rotatable bonds is 7. The van der Waals surface area contributed by atoms with Gasteiger partial charge < -0.3 is 4.74 Å². The van der Waals surface area contributed by atoms with Crippen LogP contribution in [0.5, 0.6) is 5.88 Å². The van der Waals surface area contributed by atoms with Crippen LogP contribution in [0.15, 0.2) is 78.0 Å². The van der Waals surface area contributed by atoms with Crippen molar-refractivity contribution in [2.24, 2.45) is 0 Å². The van der Waals surface area contributed by atoms with Gasteiger partial charge in [-0.05, 0) is 62.3 Å². The number of aromatic nitrogens is 4. The molecule has 0 bridgehead atoms. The van der Waals surface area contributed by atoms with E-state index in [1.54, 1.807) is 30.1 Å². The first-order chi connectivity index (χ1) is 19.0. The van der Waals surface area contributed by atoms with Crippen LogP contribution in [0, 0.1) is 6.92 Å². The summed E-state index contributed by atoms with van der Waals surface area (Å²) in [4.78, 5) is 23.5. The van der Waals surface area contributed by atoms with Gasteiger partial charge in [-0.1, -0.05) is 63.6 Å². The number of hydrogen-bond acceptors (Lipinski definition) is 5. The molecule has 0 aliphatic heterocycles. The molecule has 0 saturated heterocycles. The van der Waals surface area contributed by atoms with E-state index < -0.39 is 0 Å². The second-order valence-corrected chi connectivity index (χ2v) is 9.50. The Kier molecular flexibility index (Phi) is 12.8. The van der Waals surface area contributed by atoms with Crippen LogP contribution in [-0.4, -0.2) is 21.5 Å². The number of nitrogens with zero attached hydrogens (tertiary/aromatic N) is 4. The van der Waals surface area contributed by atoms with Gasteiger partial charge in [-0.25, -0.2) is 9.78 Å². The monoisotopic (exact) mass is 565 g/mol. The van der Waals surface area contributed by atoms with E-state index in [1.807, 2.05) is 108 Å². The number of pyridine rings is 2. The summed E-state index contributed by atoms with van der Waals surface area (Å²) in [6.45, 7) is 14.3. The summed E-state index contributed by atoms with van der Waals surface area (Å²) in [6.07, 6.45) is 13.1. The van der Waals surface area contributed by atoms with Crippen molar-refractivity contribution in [3.63, 3.8) is 0 Å². The molecule has 0 saturated carbocycles. The fourth-order valence-electron chi connectivity index (χ4n) is 4.07. The van der Waals surface area contributed by atoms with Crippen molar-refractivity contribution in [1.29, 1.82) is 0 Å². The molecule has 8 heteroatoms. The molecule has 0 aliphatic carbocycles. The van der Waals surface area contributed by atoms with E-state index in [-0.39, 0.29) is 5.56 Å². The van der Waals surface area contributed by atoms with E-state index in [2.05, 4.69) is 9.97 Å². The Morgan fingerprint density at radius 3 is 2.41 bits per heavy atom. The van der Waals surface area contributed by atoms with Crippen molar-refractivity contribution in [2.45, 2.75) is 55.0 Å². The zero-order valence-corrected chi connectivity index (χ0v) is 25.6. The SMILES string of the molecule is CC.CC.C\C=C/C(=C\C(=C/C)c1ccccn1)c1c(OC)[n+](Cc2cnc(Cl)s2)c2c(C)cccn2c1=O. The predicted molar refractivity (Wildman–Crippen MR) is 165 cm³/mol. The molecule has 4 aromatic rings. The molecule has 39 heavy (non-hydrogen) atoms. The van der Waals surface area contributed by atoms with Crippen molar-refractivity contribution < 1.29 is 9.30 Å². The first-order valence-corrected chi connectivity index (χ1v) is 14.3. The van der Waals surface area contributed by atoms with Crippen LogP contribution in [0.2, 0.25) is 4.47 Å². The highest BCUT2D eigenvalue weighted by atomic mass is 35.5. The molecule has 0 amide bonds. The molecule has 4 rings (SSSR count). The number of hydrogen-bond donors (Lipinski definition) is 0. The van der Waals surface area contributed by atoms with Crippen LogP contribution in [0.1, 0.15) is 63.2 Å². The van der Waals surface area contributed by atoms with Crippen LogP contribution in [0.4, 0.5) is 0 Å². The van der Waals surface area contributed by atoms with Crippen molar-refractivity contribution in [3.8, 4) is 5.88 Å². The van der Waals surface area contributed by atoms with Gasteiger partial charge >= 0.3 is 11.4 Å². The first kappa shape index (κ1) is 31.7. The average Bonchev–Trinajstić information content (AvgIpc) is 3.39. The lowest BCUT2D eigenvalue weighted by Crippen LogP contribution is -2.43. The van der Waals surface area contributed by atoms with Gasteiger partial charge in [0, 0.05) is 18.0 Å². The molecule has 0 spiro atoms. The van der Waals surface area contributed by atoms with Gasteiger partial charge in [-0.3, -0.25) is 4.98 Å². The molecule has 6 nitrogen and oxygen atoms in total. The standard InChI is InChI=1S/C27H26ClN4O2S.2C2H6/c1-5-10-20(15-19(6-2)22-12-7-8-13-29-22)23-25(33)31-14-9-11-18(3)24(31)32(26(23)34-4)17-21-16-30-27(28)35-21;2*1-2/h5-16H,17H2,1-4H3;2*1-2H3/q+1;;/b10-5-,19-6+,20-15+;;. The predicted octanol–water partition coefficient (Wildman–Crippen LogP) is 7.57. The lowest BCUT2D eigenvalue weighted by Gasteiger charge is -2.14. The van der Waals surface area contributed by atoms with E-state index in [0.29, 0.717) is 22.5 Å². The molecule has 0 radical (unpaired) electrons. The summed E-state index contributed by atoms with van der Waals surface area (Å²) in [5.41, 5.74) is 4.43. The number of allylic oxidation sites excluding steroid dienone is 6. The topological polar surface area (TPSA) is 60.4 Å². The maximum atomic E-state index is 13.9. The number of methoxy groups -OCH3 is 1. The molecule has 0 unspecified atom stereocenters. The fraction of sp³-hybridized carbons (Fsp3) is 0.290. The summed E-state index contributed by atoms with van der Waals surface area (Å²) in [6, 6.07) is 9.62. The smallest absolute Gasteiger partial charge is 0.354 e. The average molecular weight is 566 g/mol. The molecular formula is C31H38ClN4O2S+. The van der Waals surface area contributed by atoms with Crippen LogP contribution in [-0.2, 0) is 6.54 Å². The van der Waals surface area contributed by atoms with Gasteiger partial charge in [-0.2, -0.15) is 8.97 Å². The highest BCUT2D eigenvalue weighted by Crippen LogP contribution is 2.27. The third kappa shape index (κ3) is 7.31. The van der Waals surface area contributed by atoms with Crippen molar-refractivity contribution in [1.82, 2.24) is 14.4 Å².